The van der Waals surface area contributed by atoms with Crippen LogP contribution in [0.4, 0.5) is 8.78 Å². The minimum atomic E-state index is -2.75. The summed E-state index contributed by atoms with van der Waals surface area (Å²) < 4.78 is 26.5. The van der Waals surface area contributed by atoms with Crippen LogP contribution in [-0.4, -0.2) is 21.6 Å². The lowest BCUT2D eigenvalue weighted by molar-refractivity contribution is 0.0506. The maximum Gasteiger partial charge on any atom is 0.385 e. The van der Waals surface area contributed by atoms with Crippen LogP contribution in [0, 0.1) is 6.92 Å². The fourth-order valence-corrected chi connectivity index (χ4v) is 3.08. The number of oxime groups is 1. The molecule has 0 spiro atoms. The first-order valence-corrected chi connectivity index (χ1v) is 9.26. The van der Waals surface area contributed by atoms with E-state index in [0.717, 1.165) is 34.7 Å². The zero-order valence-electron chi connectivity index (χ0n) is 16.2. The average molecular weight is 413 g/mol. The highest BCUT2D eigenvalue weighted by molar-refractivity contribution is 6.30. The molecular formula is C19H23ClF2N4O2. The molecule has 0 amide bonds. The molecule has 1 aliphatic rings. The number of rotatable bonds is 5. The lowest BCUT2D eigenvalue weighted by Crippen LogP contribution is -2.30. The smallest absolute Gasteiger partial charge is 0.384 e. The first-order chi connectivity index (χ1) is 13.2. The molecular weight excluding hydrogens is 390 g/mol. The first-order valence-electron chi connectivity index (χ1n) is 8.88. The van der Waals surface area contributed by atoms with Gasteiger partial charge in [-0.05, 0) is 43.0 Å². The molecule has 0 aliphatic heterocycles. The molecule has 0 atom stereocenters. The number of carbonyl (C=O) groups excluding carboxylic acids is 1. The third kappa shape index (κ3) is 4.32. The molecule has 1 saturated carbocycles. The summed E-state index contributed by atoms with van der Waals surface area (Å²) in [6.45, 7) is 5.94. The second-order valence-corrected chi connectivity index (χ2v) is 6.71. The van der Waals surface area contributed by atoms with E-state index in [4.69, 9.17) is 22.2 Å². The number of carbonyl (C=O) groups is 1. The number of hydrogen-bond acceptors (Lipinski definition) is 4. The highest BCUT2D eigenvalue weighted by Crippen LogP contribution is 2.50. The predicted molar refractivity (Wildman–Crippen MR) is 104 cm³/mol. The standard InChI is InChI=1S/C17H17ClF2N4O2.C2H6/c1-9-3-4-10(18)7-11(9)17(5-6-17)16(21)23-26-15(25)12-8-13(14(19)20)24(2)22-12;1-2/h3-4,7-8,14H,5-6H2,1-2H3,(H2,21,23);1-2H3. The molecule has 28 heavy (non-hydrogen) atoms. The second-order valence-electron chi connectivity index (χ2n) is 6.28. The van der Waals surface area contributed by atoms with E-state index in [1.165, 1.54) is 7.05 Å². The third-order valence-corrected chi connectivity index (χ3v) is 4.77. The Kier molecular flexibility index (Phi) is 6.77. The fraction of sp³-hybridized carbons (Fsp3) is 0.421. The van der Waals surface area contributed by atoms with Gasteiger partial charge in [0.05, 0.1) is 5.41 Å². The molecule has 1 aromatic heterocycles. The Balaban J connectivity index is 0.00000136. The normalized spacial score (nSPS) is 15.1. The molecule has 1 fully saturated rings. The van der Waals surface area contributed by atoms with Gasteiger partial charge in [-0.15, -0.1) is 0 Å². The van der Waals surface area contributed by atoms with Gasteiger partial charge in [-0.25, -0.2) is 13.6 Å². The van der Waals surface area contributed by atoms with Crippen LogP contribution >= 0.6 is 11.6 Å². The number of aryl methyl sites for hydroxylation is 2. The highest BCUT2D eigenvalue weighted by Gasteiger charge is 2.49. The number of aromatic nitrogens is 2. The van der Waals surface area contributed by atoms with E-state index >= 15 is 0 Å². The van der Waals surface area contributed by atoms with Gasteiger partial charge >= 0.3 is 5.97 Å². The monoisotopic (exact) mass is 412 g/mol. The molecule has 0 radical (unpaired) electrons. The molecule has 2 N–H and O–H groups in total. The van der Waals surface area contributed by atoms with Crippen molar-refractivity contribution in [2.45, 2.75) is 45.5 Å². The Morgan fingerprint density at radius 3 is 2.54 bits per heavy atom. The topological polar surface area (TPSA) is 82.5 Å². The van der Waals surface area contributed by atoms with Crippen molar-refractivity contribution in [2.75, 3.05) is 0 Å². The van der Waals surface area contributed by atoms with Crippen LogP contribution < -0.4 is 5.73 Å². The van der Waals surface area contributed by atoms with Crippen LogP contribution in [0.2, 0.25) is 5.02 Å². The summed E-state index contributed by atoms with van der Waals surface area (Å²) in [5.74, 6) is -0.810. The summed E-state index contributed by atoms with van der Waals surface area (Å²) >= 11 is 6.07. The Morgan fingerprint density at radius 1 is 1.36 bits per heavy atom. The van der Waals surface area contributed by atoms with Crippen LogP contribution in [0.1, 0.15) is 60.4 Å². The van der Waals surface area contributed by atoms with Gasteiger partial charge in [0.2, 0.25) is 0 Å². The summed E-state index contributed by atoms with van der Waals surface area (Å²) in [5, 5.41) is 8.02. The third-order valence-electron chi connectivity index (χ3n) is 4.53. The number of alkyl halides is 2. The van der Waals surface area contributed by atoms with Crippen molar-refractivity contribution in [3.05, 3.63) is 51.8 Å². The van der Waals surface area contributed by atoms with Gasteiger partial charge in [0.25, 0.3) is 6.43 Å². The van der Waals surface area contributed by atoms with Gasteiger partial charge in [0, 0.05) is 18.1 Å². The maximum atomic E-state index is 12.8. The van der Waals surface area contributed by atoms with Crippen molar-refractivity contribution in [3.63, 3.8) is 0 Å². The Labute approximate surface area is 167 Å². The molecule has 0 saturated heterocycles. The van der Waals surface area contributed by atoms with Gasteiger partial charge in [-0.3, -0.25) is 4.68 Å². The first kappa shape index (κ1) is 21.8. The fourth-order valence-electron chi connectivity index (χ4n) is 2.91. The van der Waals surface area contributed by atoms with Crippen LogP contribution in [-0.2, 0) is 17.3 Å². The molecule has 2 aromatic rings. The lowest BCUT2D eigenvalue weighted by Gasteiger charge is -2.17. The summed E-state index contributed by atoms with van der Waals surface area (Å²) in [4.78, 5) is 16.8. The largest absolute Gasteiger partial charge is 0.385 e. The Bertz CT molecular complexity index is 892. The maximum absolute atomic E-state index is 12.8. The SMILES string of the molecule is CC.Cc1ccc(Cl)cc1C1(/C(N)=N/OC(=O)c2cc(C(F)F)n(C)n2)CC1. The van der Waals surface area contributed by atoms with E-state index in [1.54, 1.807) is 6.07 Å². The molecule has 1 aliphatic carbocycles. The zero-order chi connectivity index (χ0) is 21.1. The van der Waals surface area contributed by atoms with E-state index in [1.807, 2.05) is 32.9 Å². The molecule has 6 nitrogen and oxygen atoms in total. The average Bonchev–Trinajstić information content (AvgIpc) is 3.38. The van der Waals surface area contributed by atoms with Crippen molar-refractivity contribution in [1.82, 2.24) is 9.78 Å². The highest BCUT2D eigenvalue weighted by atomic mass is 35.5. The van der Waals surface area contributed by atoms with Crippen LogP contribution in [0.15, 0.2) is 29.4 Å². The van der Waals surface area contributed by atoms with E-state index in [0.29, 0.717) is 5.02 Å². The minimum absolute atomic E-state index is 0.140. The quantitative estimate of drug-likeness (QED) is 0.339. The van der Waals surface area contributed by atoms with Crippen molar-refractivity contribution in [2.24, 2.45) is 17.9 Å². The summed E-state index contributed by atoms with van der Waals surface area (Å²) in [7, 11) is 1.32. The van der Waals surface area contributed by atoms with E-state index in [2.05, 4.69) is 10.3 Å². The molecule has 1 heterocycles. The number of nitrogens with zero attached hydrogens (tertiary/aromatic N) is 3. The zero-order valence-corrected chi connectivity index (χ0v) is 16.9. The van der Waals surface area contributed by atoms with Crippen molar-refractivity contribution < 1.29 is 18.4 Å². The van der Waals surface area contributed by atoms with Gasteiger partial charge in [0.15, 0.2) is 11.5 Å². The van der Waals surface area contributed by atoms with E-state index in [9.17, 15) is 13.6 Å². The predicted octanol–water partition coefficient (Wildman–Crippen LogP) is 4.51. The van der Waals surface area contributed by atoms with E-state index < -0.39 is 17.8 Å². The van der Waals surface area contributed by atoms with Gasteiger partial charge in [-0.1, -0.05) is 36.7 Å². The molecule has 1 aromatic carbocycles. The van der Waals surface area contributed by atoms with Crippen molar-refractivity contribution in [1.29, 1.82) is 0 Å². The number of nitrogens with two attached hydrogens (primary N) is 1. The van der Waals surface area contributed by atoms with E-state index in [-0.39, 0.29) is 17.2 Å². The van der Waals surface area contributed by atoms with Gasteiger partial charge in [-0.2, -0.15) is 5.10 Å². The molecule has 0 bridgehead atoms. The summed E-state index contributed by atoms with van der Waals surface area (Å²) in [5.41, 5.74) is 6.82. The second kappa shape index (κ2) is 8.68. The summed E-state index contributed by atoms with van der Waals surface area (Å²) in [6.07, 6.45) is -1.25. The number of amidine groups is 1. The van der Waals surface area contributed by atoms with Crippen LogP contribution in [0.5, 0.6) is 0 Å². The molecule has 3 rings (SSSR count). The molecule has 152 valence electrons. The molecule has 0 unspecified atom stereocenters. The van der Waals surface area contributed by atoms with Crippen molar-refractivity contribution >= 4 is 23.4 Å². The minimum Gasteiger partial charge on any atom is -0.384 e. The van der Waals surface area contributed by atoms with Crippen LogP contribution in [0.25, 0.3) is 0 Å². The number of halogens is 3. The van der Waals surface area contributed by atoms with Crippen molar-refractivity contribution in [3.8, 4) is 0 Å². The number of benzene rings is 1. The lowest BCUT2D eigenvalue weighted by atomic mass is 9.91. The van der Waals surface area contributed by atoms with Crippen LogP contribution in [0.3, 0.4) is 0 Å². The summed E-state index contributed by atoms with van der Waals surface area (Å²) in [6, 6.07) is 6.46. The number of hydrogen-bond donors (Lipinski definition) is 1. The molecule has 9 heteroatoms. The van der Waals surface area contributed by atoms with Gasteiger partial charge in [0.1, 0.15) is 5.69 Å². The Morgan fingerprint density at radius 2 is 2.00 bits per heavy atom. The van der Waals surface area contributed by atoms with Gasteiger partial charge < -0.3 is 10.6 Å². The Hall–Kier alpha value is -2.48.